The minimum Gasteiger partial charge on any atom is -0.462 e. The summed E-state index contributed by atoms with van der Waals surface area (Å²) in [4.78, 5) is 10.6. The first kappa shape index (κ1) is 8.05. The van der Waals surface area contributed by atoms with Crippen LogP contribution in [0.25, 0.3) is 0 Å². The Labute approximate surface area is 66.5 Å². The van der Waals surface area contributed by atoms with Crippen LogP contribution in [0.1, 0.15) is 19.8 Å². The SMILES string of the molecule is CC(=O)OC1CC=CC=CC1. The Bertz CT molecular complexity index is 178. The van der Waals surface area contributed by atoms with Gasteiger partial charge in [-0.3, -0.25) is 4.79 Å². The van der Waals surface area contributed by atoms with E-state index in [1.165, 1.54) is 6.92 Å². The summed E-state index contributed by atoms with van der Waals surface area (Å²) in [6.07, 6.45) is 9.67. The number of hydrogen-bond donors (Lipinski definition) is 0. The second-order valence-electron chi connectivity index (χ2n) is 2.56. The number of carbonyl (C=O) groups excluding carboxylic acids is 1. The molecule has 0 amide bonds. The van der Waals surface area contributed by atoms with Crippen LogP contribution in [0.5, 0.6) is 0 Å². The molecule has 11 heavy (non-hydrogen) atoms. The smallest absolute Gasteiger partial charge is 0.302 e. The van der Waals surface area contributed by atoms with Crippen LogP contribution in [0.15, 0.2) is 24.3 Å². The lowest BCUT2D eigenvalue weighted by molar-refractivity contribution is -0.145. The van der Waals surface area contributed by atoms with Crippen molar-refractivity contribution in [2.24, 2.45) is 0 Å². The van der Waals surface area contributed by atoms with Crippen LogP contribution < -0.4 is 0 Å². The number of ether oxygens (including phenoxy) is 1. The molecule has 0 heterocycles. The van der Waals surface area contributed by atoms with Gasteiger partial charge in [0.05, 0.1) is 0 Å². The molecule has 60 valence electrons. The second kappa shape index (κ2) is 3.96. The van der Waals surface area contributed by atoms with Crippen molar-refractivity contribution in [2.75, 3.05) is 0 Å². The van der Waals surface area contributed by atoms with E-state index >= 15 is 0 Å². The van der Waals surface area contributed by atoms with Gasteiger partial charge in [-0.25, -0.2) is 0 Å². The number of hydrogen-bond acceptors (Lipinski definition) is 2. The van der Waals surface area contributed by atoms with Gasteiger partial charge in [-0.05, 0) is 0 Å². The van der Waals surface area contributed by atoms with Gasteiger partial charge < -0.3 is 4.74 Å². The molecule has 0 fully saturated rings. The third-order valence-corrected chi connectivity index (χ3v) is 1.51. The first-order valence-electron chi connectivity index (χ1n) is 3.78. The molecular formula is C9H12O2. The summed E-state index contributed by atoms with van der Waals surface area (Å²) < 4.78 is 5.03. The van der Waals surface area contributed by atoms with Gasteiger partial charge in [0.1, 0.15) is 6.10 Å². The summed E-state index contributed by atoms with van der Waals surface area (Å²) in [5.74, 6) is -0.196. The summed E-state index contributed by atoms with van der Waals surface area (Å²) in [7, 11) is 0. The van der Waals surface area contributed by atoms with Crippen molar-refractivity contribution in [1.29, 1.82) is 0 Å². The van der Waals surface area contributed by atoms with Crippen molar-refractivity contribution in [1.82, 2.24) is 0 Å². The molecule has 0 unspecified atom stereocenters. The average molecular weight is 152 g/mol. The zero-order chi connectivity index (χ0) is 8.10. The predicted octanol–water partition coefficient (Wildman–Crippen LogP) is 1.82. The van der Waals surface area contributed by atoms with Gasteiger partial charge >= 0.3 is 5.97 Å². The van der Waals surface area contributed by atoms with Crippen molar-refractivity contribution in [3.05, 3.63) is 24.3 Å². The Kier molecular flexibility index (Phi) is 2.90. The van der Waals surface area contributed by atoms with Gasteiger partial charge in [0.15, 0.2) is 0 Å². The summed E-state index contributed by atoms with van der Waals surface area (Å²) >= 11 is 0. The zero-order valence-corrected chi connectivity index (χ0v) is 6.62. The molecule has 0 spiro atoms. The Balaban J connectivity index is 2.40. The minimum absolute atomic E-state index is 0.0440. The Morgan fingerprint density at radius 3 is 2.36 bits per heavy atom. The molecule has 1 rings (SSSR count). The van der Waals surface area contributed by atoms with Crippen molar-refractivity contribution in [3.63, 3.8) is 0 Å². The van der Waals surface area contributed by atoms with Crippen LogP contribution >= 0.6 is 0 Å². The molecule has 1 aliphatic rings. The lowest BCUT2D eigenvalue weighted by atomic mass is 10.2. The summed E-state index contributed by atoms with van der Waals surface area (Å²) in [6, 6.07) is 0. The van der Waals surface area contributed by atoms with Crippen LogP contribution in [0.2, 0.25) is 0 Å². The molecule has 0 aromatic rings. The summed E-state index contributed by atoms with van der Waals surface area (Å²) in [5, 5.41) is 0. The maximum atomic E-state index is 10.6. The lowest BCUT2D eigenvalue weighted by Gasteiger charge is -2.11. The molecule has 2 nitrogen and oxygen atoms in total. The van der Waals surface area contributed by atoms with E-state index in [4.69, 9.17) is 4.74 Å². The highest BCUT2D eigenvalue weighted by Crippen LogP contribution is 2.09. The predicted molar refractivity (Wildman–Crippen MR) is 43.1 cm³/mol. The third kappa shape index (κ3) is 3.03. The number of allylic oxidation sites excluding steroid dienone is 2. The normalized spacial score (nSPS) is 17.9. The van der Waals surface area contributed by atoms with Gasteiger partial charge in [0, 0.05) is 19.8 Å². The molecule has 0 aliphatic heterocycles. The largest absolute Gasteiger partial charge is 0.462 e. The summed E-state index contributed by atoms with van der Waals surface area (Å²) in [5.41, 5.74) is 0. The average Bonchev–Trinajstić information content (AvgIpc) is 2.14. The fraction of sp³-hybridized carbons (Fsp3) is 0.444. The van der Waals surface area contributed by atoms with E-state index in [9.17, 15) is 4.79 Å². The van der Waals surface area contributed by atoms with Gasteiger partial charge in [-0.1, -0.05) is 24.3 Å². The third-order valence-electron chi connectivity index (χ3n) is 1.51. The Morgan fingerprint density at radius 1 is 1.36 bits per heavy atom. The lowest BCUT2D eigenvalue weighted by Crippen LogP contribution is -2.13. The Morgan fingerprint density at radius 2 is 1.91 bits per heavy atom. The zero-order valence-electron chi connectivity index (χ0n) is 6.62. The monoisotopic (exact) mass is 152 g/mol. The van der Waals surface area contributed by atoms with E-state index in [0.29, 0.717) is 0 Å². The van der Waals surface area contributed by atoms with Gasteiger partial charge in [0.25, 0.3) is 0 Å². The van der Waals surface area contributed by atoms with E-state index in [2.05, 4.69) is 0 Å². The molecule has 2 heteroatoms. The molecule has 0 bridgehead atoms. The maximum Gasteiger partial charge on any atom is 0.302 e. The van der Waals surface area contributed by atoms with Gasteiger partial charge in [-0.2, -0.15) is 0 Å². The molecule has 0 radical (unpaired) electrons. The van der Waals surface area contributed by atoms with Crippen LogP contribution in [-0.2, 0) is 9.53 Å². The molecule has 0 saturated carbocycles. The standard InChI is InChI=1S/C9H12O2/c1-8(10)11-9-6-4-2-3-5-7-9/h2-5,9H,6-7H2,1H3. The second-order valence-corrected chi connectivity index (χ2v) is 2.56. The van der Waals surface area contributed by atoms with Crippen LogP contribution in [0.4, 0.5) is 0 Å². The minimum atomic E-state index is -0.196. The highest BCUT2D eigenvalue weighted by molar-refractivity contribution is 5.66. The van der Waals surface area contributed by atoms with Crippen molar-refractivity contribution in [3.8, 4) is 0 Å². The van der Waals surface area contributed by atoms with E-state index < -0.39 is 0 Å². The first-order chi connectivity index (χ1) is 5.29. The maximum absolute atomic E-state index is 10.6. The van der Waals surface area contributed by atoms with Crippen molar-refractivity contribution < 1.29 is 9.53 Å². The van der Waals surface area contributed by atoms with Gasteiger partial charge in [-0.15, -0.1) is 0 Å². The number of rotatable bonds is 1. The number of carbonyl (C=O) groups is 1. The van der Waals surface area contributed by atoms with E-state index in [0.717, 1.165) is 12.8 Å². The topological polar surface area (TPSA) is 26.3 Å². The van der Waals surface area contributed by atoms with Crippen molar-refractivity contribution >= 4 is 5.97 Å². The molecular weight excluding hydrogens is 140 g/mol. The van der Waals surface area contributed by atoms with E-state index in [-0.39, 0.29) is 12.1 Å². The van der Waals surface area contributed by atoms with Crippen molar-refractivity contribution in [2.45, 2.75) is 25.9 Å². The van der Waals surface area contributed by atoms with Crippen LogP contribution in [0.3, 0.4) is 0 Å². The Hall–Kier alpha value is -1.05. The molecule has 0 saturated heterocycles. The molecule has 0 aromatic heterocycles. The van der Waals surface area contributed by atoms with Crippen LogP contribution in [0, 0.1) is 0 Å². The molecule has 0 atom stereocenters. The summed E-state index contributed by atoms with van der Waals surface area (Å²) in [6.45, 7) is 1.44. The quantitative estimate of drug-likeness (QED) is 0.536. The van der Waals surface area contributed by atoms with E-state index in [1.54, 1.807) is 0 Å². The molecule has 0 N–H and O–H groups in total. The number of esters is 1. The fourth-order valence-corrected chi connectivity index (χ4v) is 1.04. The highest BCUT2D eigenvalue weighted by atomic mass is 16.5. The molecule has 0 aromatic carbocycles. The first-order valence-corrected chi connectivity index (χ1v) is 3.78. The molecule has 1 aliphatic carbocycles. The van der Waals surface area contributed by atoms with Crippen LogP contribution in [-0.4, -0.2) is 12.1 Å². The van der Waals surface area contributed by atoms with Gasteiger partial charge in [0.2, 0.25) is 0 Å². The fourth-order valence-electron chi connectivity index (χ4n) is 1.04. The van der Waals surface area contributed by atoms with E-state index in [1.807, 2.05) is 24.3 Å². The highest BCUT2D eigenvalue weighted by Gasteiger charge is 2.08.